The maximum Gasteiger partial charge on any atom is 0.0603 e. The van der Waals surface area contributed by atoms with Crippen molar-refractivity contribution >= 4 is 22.7 Å². The van der Waals surface area contributed by atoms with E-state index >= 15 is 0 Å². The molecule has 3 aromatic carbocycles. The SMILES string of the molecule is CC(Sc1c(-c2ccccc2)[nH]c2ccccc12)c1ccccc1. The summed E-state index contributed by atoms with van der Waals surface area (Å²) >= 11 is 1.92. The third-order valence-corrected chi connectivity index (χ3v) is 5.57. The molecular weight excluding hydrogens is 310 g/mol. The lowest BCUT2D eigenvalue weighted by atomic mass is 10.1. The molecule has 0 amide bonds. The van der Waals surface area contributed by atoms with Gasteiger partial charge in [0.1, 0.15) is 0 Å². The van der Waals surface area contributed by atoms with E-state index in [0.717, 1.165) is 0 Å². The summed E-state index contributed by atoms with van der Waals surface area (Å²) in [5.41, 5.74) is 4.99. The first kappa shape index (κ1) is 15.1. The molecule has 0 aliphatic heterocycles. The Morgan fingerprint density at radius 3 is 2.12 bits per heavy atom. The summed E-state index contributed by atoms with van der Waals surface area (Å²) in [5.74, 6) is 0. The number of benzene rings is 3. The van der Waals surface area contributed by atoms with Crippen LogP contribution in [0.5, 0.6) is 0 Å². The predicted molar refractivity (Wildman–Crippen MR) is 104 cm³/mol. The first-order valence-electron chi connectivity index (χ1n) is 8.20. The molecule has 1 unspecified atom stereocenters. The molecule has 1 N–H and O–H groups in total. The fourth-order valence-electron chi connectivity index (χ4n) is 3.02. The molecule has 118 valence electrons. The van der Waals surface area contributed by atoms with E-state index in [1.54, 1.807) is 0 Å². The molecule has 4 aromatic rings. The van der Waals surface area contributed by atoms with E-state index < -0.39 is 0 Å². The van der Waals surface area contributed by atoms with Crippen molar-refractivity contribution in [2.75, 3.05) is 0 Å². The number of thioether (sulfide) groups is 1. The van der Waals surface area contributed by atoms with Crippen molar-refractivity contribution in [2.45, 2.75) is 17.1 Å². The van der Waals surface area contributed by atoms with E-state index in [-0.39, 0.29) is 0 Å². The zero-order valence-electron chi connectivity index (χ0n) is 13.6. The third-order valence-electron chi connectivity index (χ3n) is 4.28. The number of hydrogen-bond donors (Lipinski definition) is 1. The molecule has 0 bridgehead atoms. The summed E-state index contributed by atoms with van der Waals surface area (Å²) in [6, 6.07) is 29.8. The second-order valence-electron chi connectivity index (χ2n) is 5.91. The Morgan fingerprint density at radius 1 is 0.750 bits per heavy atom. The first-order chi connectivity index (χ1) is 11.8. The normalized spacial score (nSPS) is 12.4. The molecule has 0 radical (unpaired) electrons. The quantitative estimate of drug-likeness (QED) is 0.412. The molecule has 1 aromatic heterocycles. The van der Waals surface area contributed by atoms with Crippen molar-refractivity contribution in [1.82, 2.24) is 4.98 Å². The van der Waals surface area contributed by atoms with Gasteiger partial charge in [-0.25, -0.2) is 0 Å². The van der Waals surface area contributed by atoms with Gasteiger partial charge >= 0.3 is 0 Å². The van der Waals surface area contributed by atoms with Gasteiger partial charge in [-0.2, -0.15) is 0 Å². The molecule has 0 aliphatic rings. The summed E-state index contributed by atoms with van der Waals surface area (Å²) in [6.45, 7) is 2.27. The van der Waals surface area contributed by atoms with Crippen molar-refractivity contribution in [1.29, 1.82) is 0 Å². The lowest BCUT2D eigenvalue weighted by Crippen LogP contribution is -1.88. The van der Waals surface area contributed by atoms with Gasteiger partial charge in [-0.15, -0.1) is 11.8 Å². The highest BCUT2D eigenvalue weighted by Crippen LogP contribution is 2.44. The van der Waals surface area contributed by atoms with E-state index in [0.29, 0.717) is 5.25 Å². The monoisotopic (exact) mass is 329 g/mol. The fraction of sp³-hybridized carbons (Fsp3) is 0.0909. The summed E-state index contributed by atoms with van der Waals surface area (Å²) in [7, 11) is 0. The van der Waals surface area contributed by atoms with Crippen molar-refractivity contribution in [3.8, 4) is 11.3 Å². The predicted octanol–water partition coefficient (Wildman–Crippen LogP) is 6.69. The van der Waals surface area contributed by atoms with Crippen LogP contribution in [0.2, 0.25) is 0 Å². The van der Waals surface area contributed by atoms with Gasteiger partial charge in [0, 0.05) is 21.0 Å². The highest BCUT2D eigenvalue weighted by molar-refractivity contribution is 7.99. The lowest BCUT2D eigenvalue weighted by molar-refractivity contribution is 1.10. The molecule has 0 spiro atoms. The number of rotatable bonds is 4. The Kier molecular flexibility index (Phi) is 4.14. The number of para-hydroxylation sites is 1. The summed E-state index contributed by atoms with van der Waals surface area (Å²) in [5, 5.41) is 1.69. The number of nitrogens with one attached hydrogen (secondary N) is 1. The lowest BCUT2D eigenvalue weighted by Gasteiger charge is -2.13. The minimum Gasteiger partial charge on any atom is -0.354 e. The van der Waals surface area contributed by atoms with Gasteiger partial charge in [-0.1, -0.05) is 78.9 Å². The van der Waals surface area contributed by atoms with Crippen LogP contribution < -0.4 is 0 Å². The molecule has 0 saturated carbocycles. The molecule has 1 nitrogen and oxygen atoms in total. The fourth-order valence-corrected chi connectivity index (χ4v) is 4.25. The van der Waals surface area contributed by atoms with E-state index in [1.165, 1.54) is 32.6 Å². The zero-order valence-corrected chi connectivity index (χ0v) is 14.4. The van der Waals surface area contributed by atoms with Crippen LogP contribution in [0.25, 0.3) is 22.2 Å². The van der Waals surface area contributed by atoms with Crippen LogP contribution in [-0.2, 0) is 0 Å². The van der Waals surface area contributed by atoms with E-state index in [1.807, 2.05) is 11.8 Å². The maximum absolute atomic E-state index is 3.62. The number of aromatic amines is 1. The van der Waals surface area contributed by atoms with Gasteiger partial charge in [0.2, 0.25) is 0 Å². The highest BCUT2D eigenvalue weighted by Gasteiger charge is 2.17. The smallest absolute Gasteiger partial charge is 0.0603 e. The second-order valence-corrected chi connectivity index (χ2v) is 7.26. The number of hydrogen-bond acceptors (Lipinski definition) is 1. The Labute approximate surface area is 146 Å². The maximum atomic E-state index is 3.62. The van der Waals surface area contributed by atoms with Gasteiger partial charge in [-0.05, 0) is 24.1 Å². The van der Waals surface area contributed by atoms with Crippen LogP contribution in [0.4, 0.5) is 0 Å². The summed E-state index contributed by atoms with van der Waals surface area (Å²) in [4.78, 5) is 4.94. The van der Waals surface area contributed by atoms with Gasteiger partial charge < -0.3 is 4.98 Å². The number of H-pyrrole nitrogens is 1. The molecule has 2 heteroatoms. The van der Waals surface area contributed by atoms with Crippen LogP contribution in [0.1, 0.15) is 17.7 Å². The van der Waals surface area contributed by atoms with Gasteiger partial charge in [0.25, 0.3) is 0 Å². The van der Waals surface area contributed by atoms with Crippen LogP contribution >= 0.6 is 11.8 Å². The zero-order chi connectivity index (χ0) is 16.4. The standard InChI is InChI=1S/C22H19NS/c1-16(17-10-4-2-5-11-17)24-22-19-14-8-9-15-20(19)23-21(22)18-12-6-3-7-13-18/h2-16,23H,1H3. The minimum absolute atomic E-state index is 0.396. The second kappa shape index (κ2) is 6.58. The minimum atomic E-state index is 0.396. The Bertz CT molecular complexity index is 942. The van der Waals surface area contributed by atoms with Crippen LogP contribution in [0, 0.1) is 0 Å². The largest absolute Gasteiger partial charge is 0.354 e. The Morgan fingerprint density at radius 2 is 1.38 bits per heavy atom. The van der Waals surface area contributed by atoms with Crippen LogP contribution in [-0.4, -0.2) is 4.98 Å². The average molecular weight is 329 g/mol. The number of fused-ring (bicyclic) bond motifs is 1. The highest BCUT2D eigenvalue weighted by atomic mass is 32.2. The Balaban J connectivity index is 1.81. The summed E-state index contributed by atoms with van der Waals surface area (Å²) in [6.07, 6.45) is 0. The number of aromatic nitrogens is 1. The van der Waals surface area contributed by atoms with Crippen LogP contribution in [0.15, 0.2) is 89.8 Å². The van der Waals surface area contributed by atoms with Crippen molar-refractivity contribution in [3.05, 3.63) is 90.5 Å². The van der Waals surface area contributed by atoms with Gasteiger partial charge in [0.05, 0.1) is 5.69 Å². The van der Waals surface area contributed by atoms with Crippen molar-refractivity contribution in [3.63, 3.8) is 0 Å². The molecule has 0 aliphatic carbocycles. The van der Waals surface area contributed by atoms with E-state index in [9.17, 15) is 0 Å². The van der Waals surface area contributed by atoms with Crippen molar-refractivity contribution in [2.24, 2.45) is 0 Å². The van der Waals surface area contributed by atoms with Gasteiger partial charge in [-0.3, -0.25) is 0 Å². The third kappa shape index (κ3) is 2.85. The van der Waals surface area contributed by atoms with Gasteiger partial charge in [0.15, 0.2) is 0 Å². The molecule has 24 heavy (non-hydrogen) atoms. The van der Waals surface area contributed by atoms with Crippen molar-refractivity contribution < 1.29 is 0 Å². The van der Waals surface area contributed by atoms with Crippen LogP contribution in [0.3, 0.4) is 0 Å². The molecule has 0 fully saturated rings. The average Bonchev–Trinajstić information content (AvgIpc) is 3.02. The molecule has 1 atom stereocenters. The van der Waals surface area contributed by atoms with E-state index in [4.69, 9.17) is 0 Å². The topological polar surface area (TPSA) is 15.8 Å². The van der Waals surface area contributed by atoms with E-state index in [2.05, 4.69) is 96.8 Å². The first-order valence-corrected chi connectivity index (χ1v) is 9.08. The molecule has 0 saturated heterocycles. The molecule has 4 rings (SSSR count). The Hall–Kier alpha value is -2.45. The summed E-state index contributed by atoms with van der Waals surface area (Å²) < 4.78 is 0. The molecular formula is C22H19NS. The molecule has 1 heterocycles.